The fourth-order valence-electron chi connectivity index (χ4n) is 1.92. The van der Waals surface area contributed by atoms with E-state index in [9.17, 15) is 0 Å². The number of rotatable bonds is 2. The van der Waals surface area contributed by atoms with Gasteiger partial charge in [0.05, 0.1) is 6.04 Å². The summed E-state index contributed by atoms with van der Waals surface area (Å²) in [6.45, 7) is 4.17. The smallest absolute Gasteiger partial charge is 0.0554 e. The lowest BCUT2D eigenvalue weighted by molar-refractivity contribution is 0.860. The summed E-state index contributed by atoms with van der Waals surface area (Å²) in [5.74, 6) is 0. The highest BCUT2D eigenvalue weighted by Crippen LogP contribution is 2.26. The molecule has 1 nitrogen and oxygen atoms in total. The minimum absolute atomic E-state index is 0.0619. The Morgan fingerprint density at radius 2 is 1.71 bits per heavy atom. The van der Waals surface area contributed by atoms with Gasteiger partial charge in [0.25, 0.3) is 0 Å². The van der Waals surface area contributed by atoms with Gasteiger partial charge < -0.3 is 5.73 Å². The average molecular weight is 290 g/mol. The third kappa shape index (κ3) is 2.59. The topological polar surface area (TPSA) is 26.0 Å². The van der Waals surface area contributed by atoms with Crippen molar-refractivity contribution in [2.24, 2.45) is 5.73 Å². The standard InChI is InChI=1S/C15H16BrN/c1-10-5-3-4-6-13(10)15(17)12-8-7-11(2)14(16)9-12/h3-9,15H,17H2,1-2H3. The van der Waals surface area contributed by atoms with Gasteiger partial charge in [0.2, 0.25) is 0 Å². The first-order valence-corrected chi connectivity index (χ1v) is 6.46. The Balaban J connectivity index is 2.40. The van der Waals surface area contributed by atoms with Crippen LogP contribution >= 0.6 is 15.9 Å². The quantitative estimate of drug-likeness (QED) is 0.884. The second-order valence-electron chi connectivity index (χ2n) is 4.34. The maximum atomic E-state index is 6.32. The van der Waals surface area contributed by atoms with Crippen LogP contribution in [0.15, 0.2) is 46.9 Å². The van der Waals surface area contributed by atoms with Crippen molar-refractivity contribution in [1.82, 2.24) is 0 Å². The highest BCUT2D eigenvalue weighted by atomic mass is 79.9. The minimum Gasteiger partial charge on any atom is -0.320 e. The zero-order valence-corrected chi connectivity index (χ0v) is 11.7. The molecule has 2 N–H and O–H groups in total. The van der Waals surface area contributed by atoms with Gasteiger partial charge in [-0.2, -0.15) is 0 Å². The Hall–Kier alpha value is -1.12. The Bertz CT molecular complexity index is 534. The average Bonchev–Trinajstić information content (AvgIpc) is 2.32. The van der Waals surface area contributed by atoms with E-state index < -0.39 is 0 Å². The van der Waals surface area contributed by atoms with Crippen LogP contribution in [-0.4, -0.2) is 0 Å². The van der Waals surface area contributed by atoms with Gasteiger partial charge in [-0.25, -0.2) is 0 Å². The van der Waals surface area contributed by atoms with E-state index in [1.165, 1.54) is 16.7 Å². The van der Waals surface area contributed by atoms with Crippen LogP contribution in [0.2, 0.25) is 0 Å². The fourth-order valence-corrected chi connectivity index (χ4v) is 2.31. The molecule has 0 saturated carbocycles. The zero-order valence-electron chi connectivity index (χ0n) is 10.1. The predicted molar refractivity (Wildman–Crippen MR) is 76.1 cm³/mol. The monoisotopic (exact) mass is 289 g/mol. The number of nitrogens with two attached hydrogens (primary N) is 1. The summed E-state index contributed by atoms with van der Waals surface area (Å²) in [6.07, 6.45) is 0. The molecule has 0 bridgehead atoms. The molecule has 0 saturated heterocycles. The van der Waals surface area contributed by atoms with Gasteiger partial charge in [0.15, 0.2) is 0 Å². The molecule has 17 heavy (non-hydrogen) atoms. The Labute approximate surface area is 111 Å². The molecule has 0 aliphatic heterocycles. The first-order valence-electron chi connectivity index (χ1n) is 5.67. The molecular weight excluding hydrogens is 274 g/mol. The minimum atomic E-state index is -0.0619. The van der Waals surface area contributed by atoms with Crippen molar-refractivity contribution >= 4 is 15.9 Å². The SMILES string of the molecule is Cc1ccc(C(N)c2ccccc2C)cc1Br. The van der Waals surface area contributed by atoms with E-state index >= 15 is 0 Å². The molecule has 1 unspecified atom stereocenters. The first kappa shape index (κ1) is 12.3. The van der Waals surface area contributed by atoms with Crippen LogP contribution in [0.1, 0.15) is 28.3 Å². The molecule has 0 heterocycles. The summed E-state index contributed by atoms with van der Waals surface area (Å²) < 4.78 is 1.11. The van der Waals surface area contributed by atoms with E-state index in [0.717, 1.165) is 10.0 Å². The summed E-state index contributed by atoms with van der Waals surface area (Å²) in [4.78, 5) is 0. The van der Waals surface area contributed by atoms with Crippen molar-refractivity contribution in [2.45, 2.75) is 19.9 Å². The number of aryl methyl sites for hydroxylation is 2. The van der Waals surface area contributed by atoms with Crippen LogP contribution in [0.5, 0.6) is 0 Å². The van der Waals surface area contributed by atoms with Gasteiger partial charge in [-0.1, -0.05) is 52.3 Å². The first-order chi connectivity index (χ1) is 8.09. The van der Waals surface area contributed by atoms with E-state index in [-0.39, 0.29) is 6.04 Å². The van der Waals surface area contributed by atoms with E-state index in [1.807, 2.05) is 12.1 Å². The molecule has 2 rings (SSSR count). The highest BCUT2D eigenvalue weighted by molar-refractivity contribution is 9.10. The lowest BCUT2D eigenvalue weighted by Gasteiger charge is -2.16. The predicted octanol–water partition coefficient (Wildman–Crippen LogP) is 4.11. The Morgan fingerprint density at radius 3 is 2.35 bits per heavy atom. The maximum absolute atomic E-state index is 6.32. The summed E-state index contributed by atoms with van der Waals surface area (Å²) in [6, 6.07) is 14.5. The Kier molecular flexibility index (Phi) is 3.65. The van der Waals surface area contributed by atoms with E-state index in [2.05, 4.69) is 60.1 Å². The van der Waals surface area contributed by atoms with Crippen LogP contribution in [0, 0.1) is 13.8 Å². The molecule has 0 radical (unpaired) electrons. The Morgan fingerprint density at radius 1 is 1.00 bits per heavy atom. The van der Waals surface area contributed by atoms with Gasteiger partial charge in [0.1, 0.15) is 0 Å². The number of halogens is 1. The summed E-state index contributed by atoms with van der Waals surface area (Å²) in [7, 11) is 0. The molecule has 0 fully saturated rings. The van der Waals surface area contributed by atoms with E-state index in [0.29, 0.717) is 0 Å². The normalized spacial score (nSPS) is 12.5. The van der Waals surface area contributed by atoms with Crippen LogP contribution in [0.4, 0.5) is 0 Å². The van der Waals surface area contributed by atoms with Crippen LogP contribution in [0.25, 0.3) is 0 Å². The molecule has 1 atom stereocenters. The number of hydrogen-bond donors (Lipinski definition) is 1. The van der Waals surface area contributed by atoms with E-state index in [4.69, 9.17) is 5.73 Å². The second kappa shape index (κ2) is 5.03. The highest BCUT2D eigenvalue weighted by Gasteiger charge is 2.11. The molecule has 0 aliphatic rings. The van der Waals surface area contributed by atoms with Crippen LogP contribution in [0.3, 0.4) is 0 Å². The summed E-state index contributed by atoms with van der Waals surface area (Å²) in [5.41, 5.74) is 11.1. The fraction of sp³-hybridized carbons (Fsp3) is 0.200. The molecule has 0 aliphatic carbocycles. The van der Waals surface area contributed by atoms with Crippen LogP contribution in [-0.2, 0) is 0 Å². The van der Waals surface area contributed by atoms with Crippen molar-refractivity contribution in [1.29, 1.82) is 0 Å². The third-order valence-electron chi connectivity index (χ3n) is 3.08. The van der Waals surface area contributed by atoms with Gasteiger partial charge in [-0.3, -0.25) is 0 Å². The molecule has 0 spiro atoms. The second-order valence-corrected chi connectivity index (χ2v) is 5.20. The third-order valence-corrected chi connectivity index (χ3v) is 3.93. The van der Waals surface area contributed by atoms with Gasteiger partial charge in [-0.15, -0.1) is 0 Å². The number of hydrogen-bond acceptors (Lipinski definition) is 1. The lowest BCUT2D eigenvalue weighted by atomic mass is 9.95. The summed E-state index contributed by atoms with van der Waals surface area (Å²) >= 11 is 3.55. The van der Waals surface area contributed by atoms with E-state index in [1.54, 1.807) is 0 Å². The molecule has 2 aromatic carbocycles. The van der Waals surface area contributed by atoms with Crippen molar-refractivity contribution in [3.05, 3.63) is 69.2 Å². The van der Waals surface area contributed by atoms with Gasteiger partial charge in [0, 0.05) is 4.47 Å². The van der Waals surface area contributed by atoms with Crippen molar-refractivity contribution in [2.75, 3.05) is 0 Å². The molecule has 2 heteroatoms. The van der Waals surface area contributed by atoms with Crippen molar-refractivity contribution in [3.63, 3.8) is 0 Å². The van der Waals surface area contributed by atoms with Gasteiger partial charge in [-0.05, 0) is 42.2 Å². The molecule has 88 valence electrons. The maximum Gasteiger partial charge on any atom is 0.0554 e. The van der Waals surface area contributed by atoms with Crippen LogP contribution < -0.4 is 5.73 Å². The molecular formula is C15H16BrN. The van der Waals surface area contributed by atoms with Crippen molar-refractivity contribution < 1.29 is 0 Å². The molecule has 2 aromatic rings. The summed E-state index contributed by atoms with van der Waals surface area (Å²) in [5, 5.41) is 0. The largest absolute Gasteiger partial charge is 0.320 e. The zero-order chi connectivity index (χ0) is 12.4. The van der Waals surface area contributed by atoms with Gasteiger partial charge >= 0.3 is 0 Å². The molecule has 0 aromatic heterocycles. The lowest BCUT2D eigenvalue weighted by Crippen LogP contribution is -2.13. The molecule has 0 amide bonds. The van der Waals surface area contributed by atoms with Crippen molar-refractivity contribution in [3.8, 4) is 0 Å². The number of benzene rings is 2.